The van der Waals surface area contributed by atoms with Crippen LogP contribution in [0.2, 0.25) is 0 Å². The summed E-state index contributed by atoms with van der Waals surface area (Å²) >= 11 is 0. The molecule has 3 fully saturated rings. The largest absolute Gasteiger partial charge is 0.379 e. The molecule has 3 heterocycles. The van der Waals surface area contributed by atoms with E-state index in [4.69, 9.17) is 14.5 Å². The number of nitrogens with one attached hydrogen (secondary N) is 2. The van der Waals surface area contributed by atoms with Gasteiger partial charge in [-0.3, -0.25) is 9.89 Å². The van der Waals surface area contributed by atoms with Crippen molar-refractivity contribution in [3.8, 4) is 0 Å². The van der Waals surface area contributed by atoms with Crippen molar-refractivity contribution < 1.29 is 9.47 Å². The number of aliphatic imine (C=N–C) groups is 1. The number of ether oxygens (including phenoxy) is 2. The Bertz CT molecular complexity index is 377. The molecule has 2 N–H and O–H groups in total. The Kier molecular flexibility index (Phi) is 8.35. The second-order valence-corrected chi connectivity index (χ2v) is 6.43. The Labute approximate surface area is 156 Å². The Morgan fingerprint density at radius 3 is 2.74 bits per heavy atom. The van der Waals surface area contributed by atoms with Gasteiger partial charge in [-0.25, -0.2) is 0 Å². The molecule has 0 aromatic rings. The average molecular weight is 438 g/mol. The number of hydrogen-bond acceptors (Lipinski definition) is 4. The first kappa shape index (κ1) is 19.2. The number of morpholine rings is 1. The van der Waals surface area contributed by atoms with Gasteiger partial charge in [0.25, 0.3) is 0 Å². The SMILES string of the molecule is CCNC(=NCCCN1CCOCC1)NC1CC2CCC1O2.I. The van der Waals surface area contributed by atoms with Crippen LogP contribution in [0.15, 0.2) is 4.99 Å². The molecule has 134 valence electrons. The van der Waals surface area contributed by atoms with E-state index in [1.54, 1.807) is 0 Å². The van der Waals surface area contributed by atoms with Gasteiger partial charge in [0, 0.05) is 32.7 Å². The van der Waals surface area contributed by atoms with Crippen molar-refractivity contribution in [1.29, 1.82) is 0 Å². The number of guanidine groups is 1. The molecule has 3 unspecified atom stereocenters. The van der Waals surface area contributed by atoms with E-state index in [1.165, 1.54) is 12.8 Å². The van der Waals surface area contributed by atoms with E-state index in [-0.39, 0.29) is 24.0 Å². The maximum atomic E-state index is 5.91. The van der Waals surface area contributed by atoms with Gasteiger partial charge in [0.1, 0.15) is 0 Å². The predicted molar refractivity (Wildman–Crippen MR) is 103 cm³/mol. The highest BCUT2D eigenvalue weighted by atomic mass is 127. The molecule has 23 heavy (non-hydrogen) atoms. The van der Waals surface area contributed by atoms with Crippen molar-refractivity contribution in [2.75, 3.05) is 45.9 Å². The topological polar surface area (TPSA) is 58.1 Å². The summed E-state index contributed by atoms with van der Waals surface area (Å²) in [6.07, 6.45) is 5.52. The van der Waals surface area contributed by atoms with E-state index in [9.17, 15) is 0 Å². The lowest BCUT2D eigenvalue weighted by Gasteiger charge is -2.26. The molecular weight excluding hydrogens is 407 g/mol. The monoisotopic (exact) mass is 438 g/mol. The summed E-state index contributed by atoms with van der Waals surface area (Å²) in [5.74, 6) is 0.950. The summed E-state index contributed by atoms with van der Waals surface area (Å²) in [6.45, 7) is 8.86. The minimum Gasteiger partial charge on any atom is -0.379 e. The van der Waals surface area contributed by atoms with Gasteiger partial charge in [0.2, 0.25) is 0 Å². The highest BCUT2D eigenvalue weighted by Gasteiger charge is 2.41. The highest BCUT2D eigenvalue weighted by Crippen LogP contribution is 2.34. The molecule has 7 heteroatoms. The molecule has 0 saturated carbocycles. The standard InChI is InChI=1S/C16H30N4O2.HI/c1-2-17-16(19-14-12-13-4-5-15(14)22-13)18-6-3-7-20-8-10-21-11-9-20;/h13-15H,2-12H2,1H3,(H2,17,18,19);1H. The van der Waals surface area contributed by atoms with Gasteiger partial charge in [-0.05, 0) is 32.6 Å². The lowest BCUT2D eigenvalue weighted by molar-refractivity contribution is 0.0377. The predicted octanol–water partition coefficient (Wildman–Crippen LogP) is 1.20. The van der Waals surface area contributed by atoms with Crippen LogP contribution in [0.1, 0.15) is 32.6 Å². The number of nitrogens with zero attached hydrogens (tertiary/aromatic N) is 2. The molecule has 3 rings (SSSR count). The van der Waals surface area contributed by atoms with E-state index in [0.717, 1.165) is 64.7 Å². The Morgan fingerprint density at radius 2 is 2.09 bits per heavy atom. The third-order valence-corrected chi connectivity index (χ3v) is 4.78. The van der Waals surface area contributed by atoms with Crippen molar-refractivity contribution in [3.63, 3.8) is 0 Å². The normalized spacial score (nSPS) is 31.0. The van der Waals surface area contributed by atoms with Crippen LogP contribution in [0.4, 0.5) is 0 Å². The van der Waals surface area contributed by atoms with Crippen LogP contribution in [-0.2, 0) is 9.47 Å². The van der Waals surface area contributed by atoms with Crippen molar-refractivity contribution in [3.05, 3.63) is 0 Å². The molecule has 0 aromatic carbocycles. The highest BCUT2D eigenvalue weighted by molar-refractivity contribution is 14.0. The van der Waals surface area contributed by atoms with E-state index in [0.29, 0.717) is 18.2 Å². The smallest absolute Gasteiger partial charge is 0.191 e. The Balaban J connectivity index is 0.00000192. The summed E-state index contributed by atoms with van der Waals surface area (Å²) < 4.78 is 11.3. The molecular formula is C16H31IN4O2. The fraction of sp³-hybridized carbons (Fsp3) is 0.938. The van der Waals surface area contributed by atoms with Crippen molar-refractivity contribution in [1.82, 2.24) is 15.5 Å². The first-order chi connectivity index (χ1) is 10.8. The fourth-order valence-corrected chi connectivity index (χ4v) is 3.60. The molecule has 0 amide bonds. The maximum absolute atomic E-state index is 5.91. The second-order valence-electron chi connectivity index (χ2n) is 6.43. The number of halogens is 1. The van der Waals surface area contributed by atoms with Crippen LogP contribution in [-0.4, -0.2) is 75.0 Å². The van der Waals surface area contributed by atoms with Crippen LogP contribution in [0, 0.1) is 0 Å². The average Bonchev–Trinajstić information content (AvgIpc) is 3.15. The van der Waals surface area contributed by atoms with Crippen LogP contribution >= 0.6 is 24.0 Å². The molecule has 0 aliphatic carbocycles. The minimum absolute atomic E-state index is 0. The fourth-order valence-electron chi connectivity index (χ4n) is 3.60. The zero-order chi connectivity index (χ0) is 15.2. The number of rotatable bonds is 6. The summed E-state index contributed by atoms with van der Waals surface area (Å²) in [4.78, 5) is 7.19. The quantitative estimate of drug-likeness (QED) is 0.283. The van der Waals surface area contributed by atoms with Gasteiger partial charge in [0.15, 0.2) is 5.96 Å². The van der Waals surface area contributed by atoms with Crippen LogP contribution in [0.5, 0.6) is 0 Å². The molecule has 3 atom stereocenters. The lowest BCUT2D eigenvalue weighted by Crippen LogP contribution is -2.47. The molecule has 2 bridgehead atoms. The van der Waals surface area contributed by atoms with E-state index >= 15 is 0 Å². The molecule has 0 aromatic heterocycles. The van der Waals surface area contributed by atoms with Gasteiger partial charge in [0.05, 0.1) is 31.5 Å². The van der Waals surface area contributed by atoms with Gasteiger partial charge in [-0.1, -0.05) is 0 Å². The van der Waals surface area contributed by atoms with Crippen LogP contribution in [0.3, 0.4) is 0 Å². The molecule has 0 radical (unpaired) electrons. The van der Waals surface area contributed by atoms with Crippen LogP contribution < -0.4 is 10.6 Å². The summed E-state index contributed by atoms with van der Waals surface area (Å²) in [6, 6.07) is 0.441. The first-order valence-electron chi connectivity index (χ1n) is 8.85. The van der Waals surface area contributed by atoms with E-state index in [1.807, 2.05) is 0 Å². The van der Waals surface area contributed by atoms with Gasteiger partial charge in [-0.2, -0.15) is 0 Å². The van der Waals surface area contributed by atoms with Gasteiger partial charge in [-0.15, -0.1) is 24.0 Å². The maximum Gasteiger partial charge on any atom is 0.191 e. The molecule has 3 aliphatic rings. The van der Waals surface area contributed by atoms with Crippen molar-refractivity contribution in [2.45, 2.75) is 50.9 Å². The molecule has 3 saturated heterocycles. The minimum atomic E-state index is 0. The first-order valence-corrected chi connectivity index (χ1v) is 8.85. The van der Waals surface area contributed by atoms with E-state index in [2.05, 4.69) is 22.5 Å². The number of fused-ring (bicyclic) bond motifs is 2. The summed E-state index contributed by atoms with van der Waals surface area (Å²) in [5.41, 5.74) is 0. The molecule has 0 spiro atoms. The zero-order valence-corrected chi connectivity index (χ0v) is 16.5. The third-order valence-electron chi connectivity index (χ3n) is 4.78. The van der Waals surface area contributed by atoms with Gasteiger partial charge >= 0.3 is 0 Å². The van der Waals surface area contributed by atoms with Crippen molar-refractivity contribution >= 4 is 29.9 Å². The zero-order valence-electron chi connectivity index (χ0n) is 14.1. The third kappa shape index (κ3) is 5.72. The lowest BCUT2D eigenvalue weighted by atomic mass is 9.96. The summed E-state index contributed by atoms with van der Waals surface area (Å²) in [5, 5.41) is 6.92. The van der Waals surface area contributed by atoms with Gasteiger partial charge < -0.3 is 20.1 Å². The Morgan fingerprint density at radius 1 is 1.26 bits per heavy atom. The van der Waals surface area contributed by atoms with Crippen LogP contribution in [0.25, 0.3) is 0 Å². The Hall–Kier alpha value is -0.120. The second kappa shape index (κ2) is 10.0. The molecule has 6 nitrogen and oxygen atoms in total. The number of hydrogen-bond donors (Lipinski definition) is 2. The molecule has 3 aliphatic heterocycles. The van der Waals surface area contributed by atoms with Crippen molar-refractivity contribution in [2.24, 2.45) is 4.99 Å². The van der Waals surface area contributed by atoms with E-state index < -0.39 is 0 Å². The summed E-state index contributed by atoms with van der Waals surface area (Å²) in [7, 11) is 0.